The van der Waals surface area contributed by atoms with Gasteiger partial charge in [-0.25, -0.2) is 4.98 Å². The summed E-state index contributed by atoms with van der Waals surface area (Å²) in [6, 6.07) is 13.6. The van der Waals surface area contributed by atoms with Crippen molar-refractivity contribution in [3.8, 4) is 0 Å². The van der Waals surface area contributed by atoms with Crippen LogP contribution in [0.25, 0.3) is 10.8 Å². The number of nitrogens with one attached hydrogen (secondary N) is 2. The van der Waals surface area contributed by atoms with Crippen molar-refractivity contribution in [2.45, 2.75) is 6.42 Å². The van der Waals surface area contributed by atoms with E-state index < -0.39 is 5.97 Å². The van der Waals surface area contributed by atoms with Gasteiger partial charge < -0.3 is 20.6 Å². The average molecular weight is 408 g/mol. The Morgan fingerprint density at radius 2 is 1.97 bits per heavy atom. The maximum Gasteiger partial charge on any atom is 0.322 e. The number of aliphatic carboxylic acids is 1. The summed E-state index contributed by atoms with van der Waals surface area (Å²) >= 11 is 1.26. The molecule has 148 valence electrons. The molecule has 0 fully saturated rings. The van der Waals surface area contributed by atoms with Crippen molar-refractivity contribution < 1.29 is 14.7 Å². The molecule has 0 radical (unpaired) electrons. The zero-order valence-electron chi connectivity index (χ0n) is 15.6. The quantitative estimate of drug-likeness (QED) is 0.537. The predicted octanol–water partition coefficient (Wildman–Crippen LogP) is 3.81. The van der Waals surface area contributed by atoms with Gasteiger partial charge in [-0.1, -0.05) is 53.8 Å². The molecule has 1 aromatic heterocycles. The molecule has 0 aliphatic carbocycles. The van der Waals surface area contributed by atoms with Gasteiger partial charge in [-0.05, 0) is 29.3 Å². The third kappa shape index (κ3) is 4.38. The summed E-state index contributed by atoms with van der Waals surface area (Å²) in [5.74, 6) is -1.04. The Morgan fingerprint density at radius 1 is 1.14 bits per heavy atom. The van der Waals surface area contributed by atoms with E-state index in [1.165, 1.54) is 11.3 Å². The molecule has 3 aromatic rings. The Balaban J connectivity index is 1.59. The van der Waals surface area contributed by atoms with Gasteiger partial charge in [0.1, 0.15) is 11.4 Å². The average Bonchev–Trinajstić information content (AvgIpc) is 3.17. The Kier molecular flexibility index (Phi) is 5.44. The predicted molar refractivity (Wildman–Crippen MR) is 116 cm³/mol. The van der Waals surface area contributed by atoms with E-state index in [2.05, 4.69) is 32.7 Å². The molecule has 0 saturated heterocycles. The van der Waals surface area contributed by atoms with Gasteiger partial charge in [-0.3, -0.25) is 9.59 Å². The Bertz CT molecular complexity index is 1090. The highest BCUT2D eigenvalue weighted by Gasteiger charge is 2.22. The molecule has 4 rings (SSSR count). The smallest absolute Gasteiger partial charge is 0.322 e. The molecular formula is C21H20N4O3S. The fraction of sp³-hybridized carbons (Fsp3) is 0.190. The van der Waals surface area contributed by atoms with Gasteiger partial charge in [0.05, 0.1) is 0 Å². The third-order valence-electron chi connectivity index (χ3n) is 4.57. The summed E-state index contributed by atoms with van der Waals surface area (Å²) in [5, 5.41) is 17.5. The highest BCUT2D eigenvalue weighted by Crippen LogP contribution is 2.32. The van der Waals surface area contributed by atoms with Gasteiger partial charge >= 0.3 is 5.97 Å². The molecule has 0 spiro atoms. The molecule has 1 aliphatic rings. The maximum absolute atomic E-state index is 13.0. The SMILES string of the molecule is O=C(O)CNc1nc(N2CC=CCC2)sc1C(=O)Nc1ccc2ccccc2c1. The van der Waals surface area contributed by atoms with Gasteiger partial charge in [0.25, 0.3) is 5.91 Å². The lowest BCUT2D eigenvalue weighted by molar-refractivity contribution is -0.134. The minimum absolute atomic E-state index is 0.292. The van der Waals surface area contributed by atoms with Gasteiger partial charge in [-0.15, -0.1) is 0 Å². The van der Waals surface area contributed by atoms with Crippen molar-refractivity contribution in [2.24, 2.45) is 0 Å². The molecule has 2 aromatic carbocycles. The fourth-order valence-electron chi connectivity index (χ4n) is 3.15. The number of amides is 1. The third-order valence-corrected chi connectivity index (χ3v) is 5.68. The summed E-state index contributed by atoms with van der Waals surface area (Å²) in [6.45, 7) is 1.23. The number of thiazole rings is 1. The first-order chi connectivity index (χ1) is 14.1. The molecule has 0 unspecified atom stereocenters. The van der Waals surface area contributed by atoms with Crippen molar-refractivity contribution in [2.75, 3.05) is 35.2 Å². The topological polar surface area (TPSA) is 94.6 Å². The van der Waals surface area contributed by atoms with Crippen LogP contribution in [0.15, 0.2) is 54.6 Å². The molecule has 29 heavy (non-hydrogen) atoms. The van der Waals surface area contributed by atoms with Crippen LogP contribution >= 0.6 is 11.3 Å². The van der Waals surface area contributed by atoms with E-state index in [9.17, 15) is 9.59 Å². The van der Waals surface area contributed by atoms with Crippen LogP contribution in [0.5, 0.6) is 0 Å². The number of hydrogen-bond acceptors (Lipinski definition) is 6. The zero-order valence-corrected chi connectivity index (χ0v) is 16.4. The Morgan fingerprint density at radius 3 is 2.72 bits per heavy atom. The first-order valence-corrected chi connectivity index (χ1v) is 10.1. The molecule has 1 aliphatic heterocycles. The number of anilines is 3. The summed E-state index contributed by atoms with van der Waals surface area (Å²) in [4.78, 5) is 30.9. The van der Waals surface area contributed by atoms with Crippen LogP contribution in [0.4, 0.5) is 16.6 Å². The summed E-state index contributed by atoms with van der Waals surface area (Å²) in [6.07, 6.45) is 5.08. The molecule has 1 amide bonds. The fourth-order valence-corrected chi connectivity index (χ4v) is 4.12. The lowest BCUT2D eigenvalue weighted by Crippen LogP contribution is -2.26. The summed E-state index contributed by atoms with van der Waals surface area (Å²) in [5.41, 5.74) is 0.675. The van der Waals surface area contributed by atoms with Crippen LogP contribution in [0.1, 0.15) is 16.1 Å². The molecule has 2 heterocycles. The number of carbonyl (C=O) groups excluding carboxylic acids is 1. The minimum atomic E-state index is -1.01. The van der Waals surface area contributed by atoms with Crippen LogP contribution < -0.4 is 15.5 Å². The van der Waals surface area contributed by atoms with Crippen LogP contribution in [0.3, 0.4) is 0 Å². The number of hydrogen-bond donors (Lipinski definition) is 3. The van der Waals surface area contributed by atoms with Crippen LogP contribution in [0, 0.1) is 0 Å². The maximum atomic E-state index is 13.0. The van der Waals surface area contributed by atoms with E-state index in [0.29, 0.717) is 21.5 Å². The number of aromatic nitrogens is 1. The zero-order chi connectivity index (χ0) is 20.2. The molecular weight excluding hydrogens is 388 g/mol. The van der Waals surface area contributed by atoms with Crippen molar-refractivity contribution in [3.63, 3.8) is 0 Å². The van der Waals surface area contributed by atoms with Crippen molar-refractivity contribution in [3.05, 3.63) is 59.5 Å². The Labute approximate surface area is 171 Å². The highest BCUT2D eigenvalue weighted by molar-refractivity contribution is 7.18. The second kappa shape index (κ2) is 8.32. The van der Waals surface area contributed by atoms with Crippen LogP contribution in [0.2, 0.25) is 0 Å². The lowest BCUT2D eigenvalue weighted by Gasteiger charge is -2.22. The minimum Gasteiger partial charge on any atom is -0.480 e. The van der Waals surface area contributed by atoms with Crippen LogP contribution in [-0.4, -0.2) is 41.6 Å². The molecule has 0 atom stereocenters. The highest BCUT2D eigenvalue weighted by atomic mass is 32.1. The van der Waals surface area contributed by atoms with Gasteiger partial charge in [0.2, 0.25) is 0 Å². The number of carbonyl (C=O) groups is 2. The van der Waals surface area contributed by atoms with Crippen molar-refractivity contribution in [1.29, 1.82) is 0 Å². The summed E-state index contributed by atoms with van der Waals surface area (Å²) in [7, 11) is 0. The molecule has 8 heteroatoms. The largest absolute Gasteiger partial charge is 0.480 e. The standard InChI is InChI=1S/C21H20N4O3S/c26-17(27)13-22-19-18(29-21(24-19)25-10-4-1-5-11-25)20(28)23-16-9-8-14-6-2-3-7-15(14)12-16/h1-4,6-9,12,22H,5,10-11,13H2,(H,23,28)(H,26,27). The van der Waals surface area contributed by atoms with E-state index in [1.54, 1.807) is 0 Å². The molecule has 0 bridgehead atoms. The van der Waals surface area contributed by atoms with E-state index in [0.717, 1.165) is 30.3 Å². The first kappa shape index (κ1) is 18.9. The molecule has 0 saturated carbocycles. The van der Waals surface area contributed by atoms with E-state index >= 15 is 0 Å². The van der Waals surface area contributed by atoms with Gasteiger partial charge in [-0.2, -0.15) is 0 Å². The van der Waals surface area contributed by atoms with Crippen molar-refractivity contribution in [1.82, 2.24) is 4.98 Å². The first-order valence-electron chi connectivity index (χ1n) is 9.27. The second-order valence-electron chi connectivity index (χ2n) is 6.64. The van der Waals surface area contributed by atoms with E-state index in [1.807, 2.05) is 42.5 Å². The molecule has 3 N–H and O–H groups in total. The number of carboxylic acid groups (broad SMARTS) is 1. The van der Waals surface area contributed by atoms with E-state index in [4.69, 9.17) is 5.11 Å². The Hall–Kier alpha value is -3.39. The number of nitrogens with zero attached hydrogens (tertiary/aromatic N) is 2. The van der Waals surface area contributed by atoms with E-state index in [-0.39, 0.29) is 12.5 Å². The number of fused-ring (bicyclic) bond motifs is 1. The van der Waals surface area contributed by atoms with Crippen LogP contribution in [-0.2, 0) is 4.79 Å². The number of rotatable bonds is 6. The van der Waals surface area contributed by atoms with Gasteiger partial charge in [0.15, 0.2) is 10.9 Å². The second-order valence-corrected chi connectivity index (χ2v) is 7.62. The van der Waals surface area contributed by atoms with Gasteiger partial charge in [0, 0.05) is 18.8 Å². The number of benzene rings is 2. The monoisotopic (exact) mass is 408 g/mol. The lowest BCUT2D eigenvalue weighted by atomic mass is 10.1. The number of carboxylic acids is 1. The summed E-state index contributed by atoms with van der Waals surface area (Å²) < 4.78 is 0. The normalized spacial score (nSPS) is 13.4. The molecule has 7 nitrogen and oxygen atoms in total. The van der Waals surface area contributed by atoms with Crippen molar-refractivity contribution >= 4 is 50.6 Å².